The first-order valence-corrected chi connectivity index (χ1v) is 13.2. The molecule has 0 aliphatic heterocycles. The van der Waals surface area contributed by atoms with Gasteiger partial charge in [0.05, 0.1) is 16.6 Å². The lowest BCUT2D eigenvalue weighted by Crippen LogP contribution is -2.25. The smallest absolute Gasteiger partial charge is 0.254 e. The molecule has 4 nitrogen and oxygen atoms in total. The van der Waals surface area contributed by atoms with Crippen molar-refractivity contribution in [3.8, 4) is 0 Å². The third kappa shape index (κ3) is 7.96. The minimum Gasteiger partial charge on any atom is -0.352 e. The zero-order chi connectivity index (χ0) is 24.0. The number of aromatic nitrogens is 2. The molecule has 0 fully saturated rings. The molecule has 1 heterocycles. The van der Waals surface area contributed by atoms with Crippen molar-refractivity contribution >= 4 is 16.9 Å². The van der Waals surface area contributed by atoms with E-state index in [2.05, 4.69) is 35.0 Å². The highest BCUT2D eigenvalue weighted by Gasteiger charge is 2.12. The van der Waals surface area contributed by atoms with Crippen molar-refractivity contribution in [3.63, 3.8) is 0 Å². The number of nitrogens with one attached hydrogen (secondary N) is 1. The van der Waals surface area contributed by atoms with E-state index in [1.807, 2.05) is 6.07 Å². The summed E-state index contributed by atoms with van der Waals surface area (Å²) < 4.78 is 16.1. The third-order valence-corrected chi connectivity index (χ3v) is 6.45. The van der Waals surface area contributed by atoms with Crippen molar-refractivity contribution in [2.45, 2.75) is 90.5 Å². The Bertz CT molecular complexity index is 1010. The second-order valence-corrected chi connectivity index (χ2v) is 9.19. The molecule has 0 saturated heterocycles. The normalized spacial score (nSPS) is 11.2. The molecule has 0 bridgehead atoms. The molecule has 34 heavy (non-hydrogen) atoms. The van der Waals surface area contributed by atoms with Crippen LogP contribution in [-0.2, 0) is 13.0 Å². The van der Waals surface area contributed by atoms with Gasteiger partial charge in [-0.2, -0.15) is 0 Å². The predicted octanol–water partition coefficient (Wildman–Crippen LogP) is 7.46. The fraction of sp³-hybridized carbons (Fsp3) is 0.517. The standard InChI is InChI=1S/C29H40FN3O/c1-2-3-4-5-6-7-8-9-10-15-23-33-27-20-14-13-19-26(27)32-28(33)21-16-22-31-29(34)24-17-11-12-18-25(24)30/h11-14,17-20H,2-10,15-16,21-23H2,1H3,(H,31,34). The number of rotatable bonds is 16. The molecular weight excluding hydrogens is 425 g/mol. The lowest BCUT2D eigenvalue weighted by molar-refractivity contribution is 0.0949. The number of aryl methyl sites for hydroxylation is 2. The van der Waals surface area contributed by atoms with Gasteiger partial charge in [0.1, 0.15) is 11.6 Å². The maximum Gasteiger partial charge on any atom is 0.254 e. The summed E-state index contributed by atoms with van der Waals surface area (Å²) in [7, 11) is 0. The zero-order valence-electron chi connectivity index (χ0n) is 20.7. The molecular formula is C29H40FN3O. The summed E-state index contributed by atoms with van der Waals surface area (Å²) >= 11 is 0. The summed E-state index contributed by atoms with van der Waals surface area (Å²) in [5.74, 6) is 0.215. The summed E-state index contributed by atoms with van der Waals surface area (Å²) in [6.45, 7) is 3.74. The molecule has 0 atom stereocenters. The van der Waals surface area contributed by atoms with Crippen LogP contribution in [0.25, 0.3) is 11.0 Å². The van der Waals surface area contributed by atoms with Gasteiger partial charge in [-0.05, 0) is 37.1 Å². The van der Waals surface area contributed by atoms with E-state index in [1.165, 1.54) is 75.4 Å². The van der Waals surface area contributed by atoms with E-state index in [-0.39, 0.29) is 11.5 Å². The fourth-order valence-electron chi connectivity index (χ4n) is 4.51. The maximum atomic E-state index is 13.8. The molecule has 1 aromatic heterocycles. The van der Waals surface area contributed by atoms with Crippen LogP contribution in [-0.4, -0.2) is 22.0 Å². The molecule has 0 aliphatic carbocycles. The van der Waals surface area contributed by atoms with E-state index in [0.29, 0.717) is 6.54 Å². The van der Waals surface area contributed by atoms with E-state index < -0.39 is 5.82 Å². The number of hydrogen-bond donors (Lipinski definition) is 1. The number of imidazole rings is 1. The number of carbonyl (C=O) groups is 1. The Labute approximate surface area is 204 Å². The summed E-state index contributed by atoms with van der Waals surface area (Å²) in [5, 5.41) is 2.84. The van der Waals surface area contributed by atoms with E-state index in [9.17, 15) is 9.18 Å². The van der Waals surface area contributed by atoms with Crippen LogP contribution in [0.5, 0.6) is 0 Å². The highest BCUT2D eigenvalue weighted by molar-refractivity contribution is 5.94. The number of hydrogen-bond acceptors (Lipinski definition) is 2. The van der Waals surface area contributed by atoms with Crippen molar-refractivity contribution in [2.75, 3.05) is 6.54 Å². The molecule has 1 N–H and O–H groups in total. The van der Waals surface area contributed by atoms with Gasteiger partial charge in [-0.1, -0.05) is 89.0 Å². The van der Waals surface area contributed by atoms with E-state index in [1.54, 1.807) is 12.1 Å². The number of halogens is 1. The Kier molecular flexibility index (Phi) is 11.1. The van der Waals surface area contributed by atoms with Crippen LogP contribution in [0.15, 0.2) is 48.5 Å². The first kappa shape index (κ1) is 25.9. The van der Waals surface area contributed by atoms with Crippen LogP contribution in [0.3, 0.4) is 0 Å². The molecule has 0 radical (unpaired) electrons. The molecule has 5 heteroatoms. The first-order valence-electron chi connectivity index (χ1n) is 13.2. The molecule has 0 aliphatic rings. The van der Waals surface area contributed by atoms with Crippen LogP contribution in [0.2, 0.25) is 0 Å². The number of unbranched alkanes of at least 4 members (excludes halogenated alkanes) is 9. The van der Waals surface area contributed by atoms with E-state index >= 15 is 0 Å². The van der Waals surface area contributed by atoms with Gasteiger partial charge in [0.25, 0.3) is 5.91 Å². The molecule has 2 aromatic carbocycles. The van der Waals surface area contributed by atoms with E-state index in [4.69, 9.17) is 4.98 Å². The average molecular weight is 466 g/mol. The molecule has 0 spiro atoms. The number of carbonyl (C=O) groups excluding carboxylic acids is 1. The zero-order valence-corrected chi connectivity index (χ0v) is 20.7. The Morgan fingerprint density at radius 2 is 1.50 bits per heavy atom. The largest absolute Gasteiger partial charge is 0.352 e. The summed E-state index contributed by atoms with van der Waals surface area (Å²) in [5.41, 5.74) is 2.31. The first-order chi connectivity index (χ1) is 16.7. The van der Waals surface area contributed by atoms with Crippen LogP contribution < -0.4 is 5.32 Å². The van der Waals surface area contributed by atoms with Gasteiger partial charge >= 0.3 is 0 Å². The maximum absolute atomic E-state index is 13.8. The summed E-state index contributed by atoms with van der Waals surface area (Å²) in [6.07, 6.45) is 14.8. The lowest BCUT2D eigenvalue weighted by Gasteiger charge is -2.10. The van der Waals surface area contributed by atoms with Crippen molar-refractivity contribution in [3.05, 3.63) is 65.7 Å². The molecule has 3 rings (SSSR count). The van der Waals surface area contributed by atoms with Crippen LogP contribution in [0.4, 0.5) is 4.39 Å². The monoisotopic (exact) mass is 465 g/mol. The van der Waals surface area contributed by atoms with Crippen LogP contribution in [0, 0.1) is 5.82 Å². The van der Waals surface area contributed by atoms with Crippen molar-refractivity contribution in [1.29, 1.82) is 0 Å². The predicted molar refractivity (Wildman–Crippen MR) is 139 cm³/mol. The third-order valence-electron chi connectivity index (χ3n) is 6.45. The summed E-state index contributed by atoms with van der Waals surface area (Å²) in [4.78, 5) is 17.1. The van der Waals surface area contributed by atoms with Crippen molar-refractivity contribution < 1.29 is 9.18 Å². The Morgan fingerprint density at radius 3 is 2.24 bits per heavy atom. The molecule has 1 amide bonds. The Balaban J connectivity index is 1.43. The van der Waals surface area contributed by atoms with Crippen LogP contribution in [0.1, 0.15) is 93.7 Å². The van der Waals surface area contributed by atoms with Gasteiger partial charge in [-0.25, -0.2) is 9.37 Å². The molecule has 3 aromatic rings. The number of nitrogens with zero attached hydrogens (tertiary/aromatic N) is 2. The SMILES string of the molecule is CCCCCCCCCCCCn1c(CCCNC(=O)c2ccccc2F)nc2ccccc21. The molecule has 184 valence electrons. The van der Waals surface area contributed by atoms with Gasteiger partial charge in [0.15, 0.2) is 0 Å². The minimum absolute atomic E-state index is 0.0932. The Morgan fingerprint density at radius 1 is 0.853 bits per heavy atom. The number of amides is 1. The Hall–Kier alpha value is -2.69. The van der Waals surface area contributed by atoms with Gasteiger partial charge in [-0.15, -0.1) is 0 Å². The number of para-hydroxylation sites is 2. The molecule has 0 saturated carbocycles. The number of benzene rings is 2. The van der Waals surface area contributed by atoms with Gasteiger partial charge in [0.2, 0.25) is 0 Å². The van der Waals surface area contributed by atoms with Crippen molar-refractivity contribution in [1.82, 2.24) is 14.9 Å². The fourth-order valence-corrected chi connectivity index (χ4v) is 4.51. The van der Waals surface area contributed by atoms with Crippen molar-refractivity contribution in [2.24, 2.45) is 0 Å². The second kappa shape index (κ2) is 14.5. The van der Waals surface area contributed by atoms with Crippen LogP contribution >= 0.6 is 0 Å². The van der Waals surface area contributed by atoms with Gasteiger partial charge in [-0.3, -0.25) is 4.79 Å². The number of fused-ring (bicyclic) bond motifs is 1. The van der Waals surface area contributed by atoms with E-state index in [0.717, 1.165) is 37.1 Å². The summed E-state index contributed by atoms with van der Waals surface area (Å²) in [6, 6.07) is 14.4. The lowest BCUT2D eigenvalue weighted by atomic mass is 10.1. The quantitative estimate of drug-likeness (QED) is 0.223. The second-order valence-electron chi connectivity index (χ2n) is 9.19. The highest BCUT2D eigenvalue weighted by atomic mass is 19.1. The van der Waals surface area contributed by atoms with Gasteiger partial charge < -0.3 is 9.88 Å². The highest BCUT2D eigenvalue weighted by Crippen LogP contribution is 2.19. The molecule has 0 unspecified atom stereocenters. The topological polar surface area (TPSA) is 46.9 Å². The van der Waals surface area contributed by atoms with Gasteiger partial charge in [0, 0.05) is 19.5 Å². The minimum atomic E-state index is -0.488. The average Bonchev–Trinajstić information content (AvgIpc) is 3.20.